The van der Waals surface area contributed by atoms with E-state index in [2.05, 4.69) is 15.8 Å². The summed E-state index contributed by atoms with van der Waals surface area (Å²) >= 11 is 0. The van der Waals surface area contributed by atoms with E-state index in [1.807, 2.05) is 20.8 Å². The maximum Gasteiger partial charge on any atom is 0.248 e. The van der Waals surface area contributed by atoms with Gasteiger partial charge in [0.15, 0.2) is 17.3 Å². The van der Waals surface area contributed by atoms with Crippen LogP contribution in [0.25, 0.3) is 0 Å². The van der Waals surface area contributed by atoms with E-state index in [1.165, 1.54) is 14.2 Å². The Bertz CT molecular complexity index is 1120. The van der Waals surface area contributed by atoms with Crippen molar-refractivity contribution < 1.29 is 28.4 Å². The summed E-state index contributed by atoms with van der Waals surface area (Å²) in [5, 5.41) is 9.55. The van der Waals surface area contributed by atoms with Gasteiger partial charge in [-0.2, -0.15) is 0 Å². The molecule has 3 rings (SSSR count). The van der Waals surface area contributed by atoms with Crippen LogP contribution in [0.4, 0.5) is 5.82 Å². The Balaban J connectivity index is 1.96. The molecule has 1 saturated carbocycles. The summed E-state index contributed by atoms with van der Waals surface area (Å²) in [5.74, 6) is 0.810. The fourth-order valence-electron chi connectivity index (χ4n) is 4.76. The summed E-state index contributed by atoms with van der Waals surface area (Å²) in [7, 11) is 3.05. The molecule has 0 bridgehead atoms. The molecule has 0 aliphatic heterocycles. The predicted octanol–water partition coefficient (Wildman–Crippen LogP) is 4.54. The van der Waals surface area contributed by atoms with Crippen molar-refractivity contribution in [1.82, 2.24) is 15.4 Å². The molecule has 0 unspecified atom stereocenters. The number of rotatable bonds is 12. The number of carbonyl (C=O) groups excluding carboxylic acids is 3. The molecule has 2 N–H and O–H groups in total. The van der Waals surface area contributed by atoms with Gasteiger partial charge in [-0.15, -0.1) is 0 Å². The van der Waals surface area contributed by atoms with Gasteiger partial charge in [0.2, 0.25) is 17.7 Å². The summed E-state index contributed by atoms with van der Waals surface area (Å²) in [4.78, 5) is 42.1. The molecule has 0 saturated heterocycles. The molecule has 208 valence electrons. The molecule has 38 heavy (non-hydrogen) atoms. The fraction of sp³-hybridized carbons (Fsp3) is 0.571. The maximum absolute atomic E-state index is 14.0. The number of carbonyl (C=O) groups is 3. The van der Waals surface area contributed by atoms with Gasteiger partial charge in [-0.25, -0.2) is 0 Å². The standard InChI is InChI=1S/C28H40N4O6/c1-7-28(3,4)30-27(35)25(20-13-10-14-21(36-5)26(20)37-6)32(19-11-8-9-12-19)24(34)16-15-23(33)29-22-17-18(2)38-31-22/h10,13-14,17,19,25H,7-9,11-12,15-16H2,1-6H3,(H,30,35)(H,29,31,33)/t25-/m0/s1. The minimum absolute atomic E-state index is 0.0575. The molecule has 3 amide bonds. The number of hydrogen-bond donors (Lipinski definition) is 2. The highest BCUT2D eigenvalue weighted by Crippen LogP contribution is 2.40. The third-order valence-corrected chi connectivity index (χ3v) is 7.07. The smallest absolute Gasteiger partial charge is 0.248 e. The number of hydrogen-bond acceptors (Lipinski definition) is 7. The van der Waals surface area contributed by atoms with Crippen LogP contribution in [-0.4, -0.2) is 53.6 Å². The number of nitrogens with one attached hydrogen (secondary N) is 2. The molecule has 1 aliphatic carbocycles. The number of methoxy groups -OCH3 is 2. The van der Waals surface area contributed by atoms with Gasteiger partial charge in [0, 0.05) is 36.1 Å². The fourth-order valence-corrected chi connectivity index (χ4v) is 4.76. The first-order chi connectivity index (χ1) is 18.1. The number of benzene rings is 1. The van der Waals surface area contributed by atoms with Crippen LogP contribution in [0.3, 0.4) is 0 Å². The zero-order valence-corrected chi connectivity index (χ0v) is 23.3. The number of anilines is 1. The topological polar surface area (TPSA) is 123 Å². The van der Waals surface area contributed by atoms with E-state index in [-0.39, 0.29) is 36.6 Å². The van der Waals surface area contributed by atoms with Crippen molar-refractivity contribution in [3.8, 4) is 11.5 Å². The van der Waals surface area contributed by atoms with Gasteiger partial charge in [0.25, 0.3) is 0 Å². The summed E-state index contributed by atoms with van der Waals surface area (Å²) in [6.45, 7) is 7.62. The van der Waals surface area contributed by atoms with Crippen LogP contribution in [0.1, 0.15) is 83.1 Å². The Morgan fingerprint density at radius 3 is 2.45 bits per heavy atom. The summed E-state index contributed by atoms with van der Waals surface area (Å²) in [5.41, 5.74) is 0.0561. The van der Waals surface area contributed by atoms with Crippen LogP contribution < -0.4 is 20.1 Å². The van der Waals surface area contributed by atoms with Crippen molar-refractivity contribution in [3.63, 3.8) is 0 Å². The summed E-state index contributed by atoms with van der Waals surface area (Å²) in [6.07, 6.45) is 4.08. The molecule has 2 aromatic rings. The van der Waals surface area contributed by atoms with Crippen LogP contribution in [0, 0.1) is 6.92 Å². The monoisotopic (exact) mass is 528 g/mol. The second-order valence-electron chi connectivity index (χ2n) is 10.3. The van der Waals surface area contributed by atoms with Crippen LogP contribution in [-0.2, 0) is 14.4 Å². The van der Waals surface area contributed by atoms with Gasteiger partial charge >= 0.3 is 0 Å². The number of ether oxygens (including phenoxy) is 2. The third-order valence-electron chi connectivity index (χ3n) is 7.07. The number of aromatic nitrogens is 1. The van der Waals surface area contributed by atoms with Gasteiger partial charge in [-0.1, -0.05) is 37.1 Å². The molecular weight excluding hydrogens is 488 g/mol. The lowest BCUT2D eigenvalue weighted by molar-refractivity contribution is -0.144. The molecule has 0 radical (unpaired) electrons. The number of aryl methyl sites for hydroxylation is 1. The average Bonchev–Trinajstić information content (AvgIpc) is 3.56. The van der Waals surface area contributed by atoms with Gasteiger partial charge in [0.1, 0.15) is 11.8 Å². The lowest BCUT2D eigenvalue weighted by Crippen LogP contribution is -2.52. The molecule has 1 heterocycles. The molecule has 1 atom stereocenters. The first-order valence-electron chi connectivity index (χ1n) is 13.2. The van der Waals surface area contributed by atoms with Gasteiger partial charge < -0.3 is 29.5 Å². The first-order valence-corrected chi connectivity index (χ1v) is 13.2. The molecule has 0 spiro atoms. The molecule has 1 aromatic heterocycles. The number of amides is 3. The second kappa shape index (κ2) is 12.8. The van der Waals surface area contributed by atoms with Gasteiger partial charge in [0.05, 0.1) is 14.2 Å². The van der Waals surface area contributed by atoms with E-state index < -0.39 is 11.6 Å². The molecule has 1 fully saturated rings. The van der Waals surface area contributed by atoms with Gasteiger partial charge in [-0.05, 0) is 46.1 Å². The quantitative estimate of drug-likeness (QED) is 0.415. The molecule has 1 aromatic carbocycles. The van der Waals surface area contributed by atoms with Crippen LogP contribution in [0.5, 0.6) is 11.5 Å². The molecule has 10 nitrogen and oxygen atoms in total. The first kappa shape index (κ1) is 29.0. The summed E-state index contributed by atoms with van der Waals surface area (Å²) in [6, 6.07) is 5.84. The lowest BCUT2D eigenvalue weighted by atomic mass is 9.96. The van der Waals surface area contributed by atoms with Crippen LogP contribution in [0.15, 0.2) is 28.8 Å². The Kier molecular flexibility index (Phi) is 9.77. The highest BCUT2D eigenvalue weighted by molar-refractivity contribution is 5.94. The van der Waals surface area contributed by atoms with Crippen molar-refractivity contribution >= 4 is 23.5 Å². The molecule has 1 aliphatic rings. The van der Waals surface area contributed by atoms with Crippen molar-refractivity contribution in [1.29, 1.82) is 0 Å². The number of nitrogens with zero attached hydrogens (tertiary/aromatic N) is 2. The zero-order valence-electron chi connectivity index (χ0n) is 23.3. The van der Waals surface area contributed by atoms with E-state index >= 15 is 0 Å². The van der Waals surface area contributed by atoms with E-state index in [0.29, 0.717) is 35.1 Å². The highest BCUT2D eigenvalue weighted by atomic mass is 16.5. The third kappa shape index (κ3) is 7.05. The average molecular weight is 529 g/mol. The maximum atomic E-state index is 14.0. The lowest BCUT2D eigenvalue weighted by Gasteiger charge is -2.38. The van der Waals surface area contributed by atoms with E-state index in [0.717, 1.165) is 25.7 Å². The van der Waals surface area contributed by atoms with Gasteiger partial charge in [-0.3, -0.25) is 14.4 Å². The van der Waals surface area contributed by atoms with Crippen molar-refractivity contribution in [2.24, 2.45) is 0 Å². The minimum Gasteiger partial charge on any atom is -0.493 e. The summed E-state index contributed by atoms with van der Waals surface area (Å²) < 4.78 is 16.2. The van der Waals surface area contributed by atoms with E-state index in [4.69, 9.17) is 14.0 Å². The van der Waals surface area contributed by atoms with Crippen LogP contribution >= 0.6 is 0 Å². The SMILES string of the molecule is CCC(C)(C)NC(=O)[C@H](c1cccc(OC)c1OC)N(C(=O)CCC(=O)Nc1cc(C)on1)C1CCCC1. The predicted molar refractivity (Wildman–Crippen MR) is 143 cm³/mol. The molecule has 10 heteroatoms. The van der Waals surface area contributed by atoms with Crippen molar-refractivity contribution in [2.45, 2.75) is 90.3 Å². The Morgan fingerprint density at radius 1 is 1.16 bits per heavy atom. The Hall–Kier alpha value is -3.56. The van der Waals surface area contributed by atoms with Crippen LogP contribution in [0.2, 0.25) is 0 Å². The van der Waals surface area contributed by atoms with Crippen molar-refractivity contribution in [2.75, 3.05) is 19.5 Å². The zero-order chi connectivity index (χ0) is 27.9. The largest absolute Gasteiger partial charge is 0.493 e. The van der Waals surface area contributed by atoms with Crippen molar-refractivity contribution in [3.05, 3.63) is 35.6 Å². The minimum atomic E-state index is -0.956. The Morgan fingerprint density at radius 2 is 1.87 bits per heavy atom. The Labute approximate surface area is 224 Å². The molecular formula is C28H40N4O6. The van der Waals surface area contributed by atoms with E-state index in [9.17, 15) is 14.4 Å². The van der Waals surface area contributed by atoms with E-state index in [1.54, 1.807) is 36.1 Å². The number of para-hydroxylation sites is 1. The second-order valence-corrected chi connectivity index (χ2v) is 10.3. The highest BCUT2D eigenvalue weighted by Gasteiger charge is 2.40. The normalized spacial score (nSPS) is 14.6.